The number of hydrogen-bond acceptors (Lipinski definition) is 8. The minimum atomic E-state index is -1.44. The third-order valence-corrected chi connectivity index (χ3v) is 6.37. The van der Waals surface area contributed by atoms with E-state index in [1.807, 2.05) is 12.3 Å². The summed E-state index contributed by atoms with van der Waals surface area (Å²) in [6, 6.07) is 4.57. The van der Waals surface area contributed by atoms with Crippen LogP contribution >= 0.6 is 11.8 Å². The lowest BCUT2D eigenvalue weighted by molar-refractivity contribution is -0.143. The number of nitrogens with one attached hydrogen (secondary N) is 3. The first-order valence-electron chi connectivity index (χ1n) is 12.4. The largest absolute Gasteiger partial charge is 0.481 e. The number of carboxylic acids is 2. The molecular weight excluding hydrogens is 514 g/mol. The van der Waals surface area contributed by atoms with E-state index in [9.17, 15) is 29.1 Å². The second-order valence-electron chi connectivity index (χ2n) is 8.82. The molecule has 0 radical (unpaired) electrons. The molecular formula is C25H39N5O7S. The van der Waals surface area contributed by atoms with E-state index in [0.717, 1.165) is 5.56 Å². The Bertz CT molecular complexity index is 919. The molecule has 4 unspecified atom stereocenters. The highest BCUT2D eigenvalue weighted by molar-refractivity contribution is 7.98. The fourth-order valence-electron chi connectivity index (χ4n) is 3.55. The Labute approximate surface area is 226 Å². The van der Waals surface area contributed by atoms with Crippen molar-refractivity contribution < 1.29 is 34.2 Å². The minimum absolute atomic E-state index is 0.140. The zero-order valence-electron chi connectivity index (χ0n) is 21.6. The molecule has 212 valence electrons. The molecule has 0 spiro atoms. The van der Waals surface area contributed by atoms with Gasteiger partial charge >= 0.3 is 11.9 Å². The maximum Gasteiger partial charge on any atom is 0.326 e. The summed E-state index contributed by atoms with van der Waals surface area (Å²) in [5.74, 6) is -3.83. The van der Waals surface area contributed by atoms with E-state index < -0.39 is 60.2 Å². The van der Waals surface area contributed by atoms with Crippen molar-refractivity contribution in [3.8, 4) is 0 Å². The van der Waals surface area contributed by atoms with Crippen LogP contribution in [0.5, 0.6) is 0 Å². The number of nitrogens with two attached hydrogens (primary N) is 2. The monoisotopic (exact) mass is 553 g/mol. The van der Waals surface area contributed by atoms with E-state index >= 15 is 0 Å². The average Bonchev–Trinajstić information content (AvgIpc) is 2.88. The second-order valence-corrected chi connectivity index (χ2v) is 9.80. The van der Waals surface area contributed by atoms with Crippen molar-refractivity contribution in [1.82, 2.24) is 16.0 Å². The molecule has 12 nitrogen and oxygen atoms in total. The van der Waals surface area contributed by atoms with E-state index in [1.54, 1.807) is 36.0 Å². The molecule has 0 aliphatic heterocycles. The van der Waals surface area contributed by atoms with Crippen molar-refractivity contribution in [2.75, 3.05) is 18.6 Å². The van der Waals surface area contributed by atoms with Gasteiger partial charge < -0.3 is 37.6 Å². The molecule has 38 heavy (non-hydrogen) atoms. The lowest BCUT2D eigenvalue weighted by Crippen LogP contribution is -2.57. The van der Waals surface area contributed by atoms with Crippen molar-refractivity contribution in [1.29, 1.82) is 0 Å². The maximum absolute atomic E-state index is 13.3. The van der Waals surface area contributed by atoms with Gasteiger partial charge in [0.1, 0.15) is 18.1 Å². The molecule has 0 saturated carbocycles. The predicted molar refractivity (Wildman–Crippen MR) is 144 cm³/mol. The summed E-state index contributed by atoms with van der Waals surface area (Å²) in [7, 11) is 0. The SMILES string of the molecule is CSCCC(N)C(=O)NC(Cc1ccccc1)C(=O)NC(CCCCN)C(=O)NC(CCC(=O)O)C(=O)O. The van der Waals surface area contributed by atoms with E-state index in [4.69, 9.17) is 16.6 Å². The van der Waals surface area contributed by atoms with Crippen molar-refractivity contribution in [2.45, 2.75) is 69.1 Å². The molecule has 0 saturated heterocycles. The third kappa shape index (κ3) is 12.9. The minimum Gasteiger partial charge on any atom is -0.481 e. The smallest absolute Gasteiger partial charge is 0.326 e. The topological polar surface area (TPSA) is 214 Å². The van der Waals surface area contributed by atoms with Crippen molar-refractivity contribution >= 4 is 41.4 Å². The average molecular weight is 554 g/mol. The van der Waals surface area contributed by atoms with E-state index in [2.05, 4.69) is 16.0 Å². The van der Waals surface area contributed by atoms with Crippen molar-refractivity contribution in [2.24, 2.45) is 11.5 Å². The molecule has 0 aromatic heterocycles. The summed E-state index contributed by atoms with van der Waals surface area (Å²) in [6.07, 6.45) is 2.88. The fraction of sp³-hybridized carbons (Fsp3) is 0.560. The van der Waals surface area contributed by atoms with Crippen LogP contribution in [0.3, 0.4) is 0 Å². The van der Waals surface area contributed by atoms with Crippen LogP contribution in [0.4, 0.5) is 0 Å². The summed E-state index contributed by atoms with van der Waals surface area (Å²) in [4.78, 5) is 61.4. The second kappa shape index (κ2) is 18.2. The highest BCUT2D eigenvalue weighted by Crippen LogP contribution is 2.08. The van der Waals surface area contributed by atoms with Crippen LogP contribution in [0.25, 0.3) is 0 Å². The molecule has 1 aromatic rings. The van der Waals surface area contributed by atoms with Crippen LogP contribution in [0, 0.1) is 0 Å². The van der Waals surface area contributed by atoms with Crippen LogP contribution in [0.1, 0.15) is 44.1 Å². The first-order chi connectivity index (χ1) is 18.1. The van der Waals surface area contributed by atoms with Crippen LogP contribution in [0.2, 0.25) is 0 Å². The Morgan fingerprint density at radius 3 is 2.03 bits per heavy atom. The Morgan fingerprint density at radius 1 is 0.842 bits per heavy atom. The highest BCUT2D eigenvalue weighted by atomic mass is 32.2. The number of aliphatic carboxylic acids is 2. The standard InChI is InChI=1S/C25H39N5O7S/c1-38-14-12-17(27)22(33)30-20(15-16-7-3-2-4-8-16)24(35)28-18(9-5-6-13-26)23(34)29-19(25(36)37)10-11-21(31)32/h2-4,7-8,17-20H,5-6,9-15,26-27H2,1H3,(H,28,35)(H,29,34)(H,30,33)(H,31,32)(H,36,37). The number of amides is 3. The van der Waals surface area contributed by atoms with Crippen LogP contribution in [-0.2, 0) is 30.4 Å². The molecule has 3 amide bonds. The van der Waals surface area contributed by atoms with E-state index in [0.29, 0.717) is 31.6 Å². The van der Waals surface area contributed by atoms with Gasteiger partial charge in [-0.05, 0) is 56.2 Å². The molecule has 0 fully saturated rings. The van der Waals surface area contributed by atoms with Gasteiger partial charge in [0.15, 0.2) is 0 Å². The Morgan fingerprint density at radius 2 is 1.45 bits per heavy atom. The molecule has 0 heterocycles. The number of unbranched alkanes of at least 4 members (excludes halogenated alkanes) is 1. The first-order valence-corrected chi connectivity index (χ1v) is 13.8. The van der Waals surface area contributed by atoms with Gasteiger partial charge in [-0.3, -0.25) is 19.2 Å². The van der Waals surface area contributed by atoms with Gasteiger partial charge in [0.05, 0.1) is 6.04 Å². The third-order valence-electron chi connectivity index (χ3n) is 5.73. The summed E-state index contributed by atoms with van der Waals surface area (Å²) >= 11 is 1.54. The van der Waals surface area contributed by atoms with Crippen LogP contribution in [-0.4, -0.2) is 82.6 Å². The number of carbonyl (C=O) groups excluding carboxylic acids is 3. The van der Waals surface area contributed by atoms with Gasteiger partial charge in [0, 0.05) is 12.8 Å². The summed E-state index contributed by atoms with van der Waals surface area (Å²) in [5, 5.41) is 25.9. The molecule has 0 bridgehead atoms. The zero-order valence-corrected chi connectivity index (χ0v) is 22.4. The van der Waals surface area contributed by atoms with Crippen molar-refractivity contribution in [3.63, 3.8) is 0 Å². The zero-order chi connectivity index (χ0) is 28.5. The van der Waals surface area contributed by atoms with Crippen LogP contribution in [0.15, 0.2) is 30.3 Å². The Hall–Kier alpha value is -3.16. The van der Waals surface area contributed by atoms with Gasteiger partial charge in [-0.25, -0.2) is 4.79 Å². The molecule has 0 aliphatic rings. The number of carbonyl (C=O) groups is 5. The highest BCUT2D eigenvalue weighted by Gasteiger charge is 2.30. The number of hydrogen-bond donors (Lipinski definition) is 7. The Kier molecular flexibility index (Phi) is 15.7. The van der Waals surface area contributed by atoms with Gasteiger partial charge in [-0.2, -0.15) is 11.8 Å². The Balaban J connectivity index is 3.07. The van der Waals surface area contributed by atoms with Crippen LogP contribution < -0.4 is 27.4 Å². The predicted octanol–water partition coefficient (Wildman–Crippen LogP) is -0.158. The molecule has 9 N–H and O–H groups in total. The fourth-order valence-corrected chi connectivity index (χ4v) is 4.03. The number of rotatable bonds is 19. The van der Waals surface area contributed by atoms with E-state index in [-0.39, 0.29) is 19.3 Å². The number of benzene rings is 1. The number of thioether (sulfide) groups is 1. The number of carboxylic acid groups (broad SMARTS) is 2. The summed E-state index contributed by atoms with van der Waals surface area (Å²) < 4.78 is 0. The maximum atomic E-state index is 13.3. The van der Waals surface area contributed by atoms with Gasteiger partial charge in [0.25, 0.3) is 0 Å². The molecule has 1 rings (SSSR count). The lowest BCUT2D eigenvalue weighted by Gasteiger charge is -2.25. The summed E-state index contributed by atoms with van der Waals surface area (Å²) in [5.41, 5.74) is 12.3. The molecule has 0 aliphatic carbocycles. The first kappa shape index (κ1) is 32.9. The summed E-state index contributed by atoms with van der Waals surface area (Å²) in [6.45, 7) is 0.360. The normalized spacial score (nSPS) is 14.0. The quantitative estimate of drug-likeness (QED) is 0.112. The van der Waals surface area contributed by atoms with E-state index in [1.165, 1.54) is 0 Å². The molecule has 1 aromatic carbocycles. The molecule has 13 heteroatoms. The van der Waals surface area contributed by atoms with Gasteiger partial charge in [-0.15, -0.1) is 0 Å². The van der Waals surface area contributed by atoms with Gasteiger partial charge in [0.2, 0.25) is 17.7 Å². The molecule has 4 atom stereocenters. The van der Waals surface area contributed by atoms with Crippen molar-refractivity contribution in [3.05, 3.63) is 35.9 Å². The van der Waals surface area contributed by atoms with Gasteiger partial charge in [-0.1, -0.05) is 30.3 Å². The lowest BCUT2D eigenvalue weighted by atomic mass is 10.0.